The van der Waals surface area contributed by atoms with Gasteiger partial charge in [0.25, 0.3) is 0 Å². The maximum absolute atomic E-state index is 6.84. The molecule has 0 unspecified atom stereocenters. The number of benzene rings is 8. The molecule has 0 fully saturated rings. The largest absolute Gasteiger partial charge is 0.455 e. The third kappa shape index (κ3) is 5.35. The second-order valence-electron chi connectivity index (χ2n) is 14.4. The molecular weight excluding hydrogens is 749 g/mol. The molecule has 0 bridgehead atoms. The van der Waals surface area contributed by atoms with Crippen LogP contribution in [0.25, 0.3) is 87.4 Å². The first-order valence-corrected chi connectivity index (χ1v) is 20.8. The zero-order valence-corrected chi connectivity index (χ0v) is 32.5. The van der Waals surface area contributed by atoms with E-state index in [1.165, 1.54) is 31.0 Å². The molecule has 0 N–H and O–H groups in total. The van der Waals surface area contributed by atoms with E-state index in [1.807, 2.05) is 42.1 Å². The highest BCUT2D eigenvalue weighted by molar-refractivity contribution is 7.99. The first-order chi connectivity index (χ1) is 28.7. The van der Waals surface area contributed by atoms with Crippen LogP contribution in [0.2, 0.25) is 0 Å². The molecule has 3 aromatic heterocycles. The molecule has 0 saturated carbocycles. The van der Waals surface area contributed by atoms with Crippen molar-refractivity contribution in [2.75, 3.05) is 4.90 Å². The SMILES string of the molecule is c1ccc(-c2nc(-c3ccc4c(c3)oc3c(-c5ccc6c(c5)N(c5ccccc5)c5ccccc5S6)cccc34)nc(-c3cccc4c3sc3ccccc34)n2)cc1. The molecule has 1 aliphatic rings. The van der Waals surface area contributed by atoms with E-state index >= 15 is 0 Å². The highest BCUT2D eigenvalue weighted by atomic mass is 32.2. The number of nitrogens with zero attached hydrogens (tertiary/aromatic N) is 4. The van der Waals surface area contributed by atoms with E-state index in [0.29, 0.717) is 17.5 Å². The number of anilines is 3. The second-order valence-corrected chi connectivity index (χ2v) is 16.5. The standard InChI is InChI=1S/C51H30N4OS2/c1-3-13-31(14-4-1)49-52-50(54-51(53-49)40-21-12-20-39-37-17-7-9-23-44(37)58-48(39)40)33-25-27-36-38-19-11-18-35(47(38)56-43(36)30-33)32-26-28-46-42(29-32)55(34-15-5-2-6-16-34)41-22-8-10-24-45(41)57-46/h1-30H. The van der Waals surface area contributed by atoms with E-state index < -0.39 is 0 Å². The number of rotatable bonds is 5. The summed E-state index contributed by atoms with van der Waals surface area (Å²) in [6.07, 6.45) is 0. The monoisotopic (exact) mass is 778 g/mol. The number of aromatic nitrogens is 3. The van der Waals surface area contributed by atoms with E-state index in [9.17, 15) is 0 Å². The molecule has 1 aliphatic heterocycles. The topological polar surface area (TPSA) is 55.1 Å². The van der Waals surface area contributed by atoms with Gasteiger partial charge in [-0.3, -0.25) is 0 Å². The summed E-state index contributed by atoms with van der Waals surface area (Å²) in [5, 5.41) is 4.55. The fourth-order valence-corrected chi connectivity index (χ4v) is 10.5. The Labute approximate surface area is 341 Å². The summed E-state index contributed by atoms with van der Waals surface area (Å²) in [5.41, 5.74) is 10.0. The number of thiophene rings is 1. The summed E-state index contributed by atoms with van der Waals surface area (Å²) in [4.78, 5) is 20.1. The Morgan fingerprint density at radius 2 is 1.10 bits per heavy atom. The maximum atomic E-state index is 6.84. The van der Waals surface area contributed by atoms with Crippen LogP contribution in [0, 0.1) is 0 Å². The van der Waals surface area contributed by atoms with Gasteiger partial charge < -0.3 is 9.32 Å². The van der Waals surface area contributed by atoms with Crippen LogP contribution in [0.15, 0.2) is 196 Å². The average molecular weight is 779 g/mol. The molecule has 272 valence electrons. The highest BCUT2D eigenvalue weighted by Gasteiger charge is 2.26. The lowest BCUT2D eigenvalue weighted by Gasteiger charge is -2.33. The molecule has 12 rings (SSSR count). The molecule has 4 heterocycles. The summed E-state index contributed by atoms with van der Waals surface area (Å²) < 4.78 is 9.25. The Bertz CT molecular complexity index is 3390. The average Bonchev–Trinajstić information content (AvgIpc) is 3.87. The second kappa shape index (κ2) is 13.3. The lowest BCUT2D eigenvalue weighted by atomic mass is 10.0. The van der Waals surface area contributed by atoms with Crippen LogP contribution in [0.5, 0.6) is 0 Å². The van der Waals surface area contributed by atoms with Crippen molar-refractivity contribution in [2.45, 2.75) is 9.79 Å². The summed E-state index contributed by atoms with van der Waals surface area (Å²) in [6, 6.07) is 63.8. The van der Waals surface area contributed by atoms with Gasteiger partial charge in [0.2, 0.25) is 0 Å². The predicted octanol–water partition coefficient (Wildman–Crippen LogP) is 14.7. The molecule has 0 aliphatic carbocycles. The third-order valence-electron chi connectivity index (χ3n) is 10.9. The first-order valence-electron chi connectivity index (χ1n) is 19.2. The van der Waals surface area contributed by atoms with E-state index in [2.05, 4.69) is 157 Å². The zero-order chi connectivity index (χ0) is 38.2. The number of para-hydroxylation sites is 3. The van der Waals surface area contributed by atoms with Crippen molar-refractivity contribution in [2.24, 2.45) is 0 Å². The molecule has 0 atom stereocenters. The fraction of sp³-hybridized carbons (Fsp3) is 0. The Morgan fingerprint density at radius 1 is 0.431 bits per heavy atom. The van der Waals surface area contributed by atoms with Crippen LogP contribution >= 0.6 is 23.1 Å². The van der Waals surface area contributed by atoms with Gasteiger partial charge in [-0.25, -0.2) is 15.0 Å². The molecule has 0 radical (unpaired) electrons. The molecule has 0 spiro atoms. The number of hydrogen-bond acceptors (Lipinski definition) is 7. The van der Waals surface area contributed by atoms with Gasteiger partial charge in [-0.15, -0.1) is 11.3 Å². The van der Waals surface area contributed by atoms with Gasteiger partial charge in [0.1, 0.15) is 11.2 Å². The smallest absolute Gasteiger partial charge is 0.165 e. The fourth-order valence-electron chi connectivity index (χ4n) is 8.21. The van der Waals surface area contributed by atoms with Crippen molar-refractivity contribution in [1.29, 1.82) is 0 Å². The maximum Gasteiger partial charge on any atom is 0.165 e. The minimum Gasteiger partial charge on any atom is -0.455 e. The summed E-state index contributed by atoms with van der Waals surface area (Å²) in [5.74, 6) is 1.87. The Hall–Kier alpha value is -7.06. The number of fused-ring (bicyclic) bond motifs is 8. The normalized spacial score (nSPS) is 12.4. The molecule has 8 aromatic carbocycles. The van der Waals surface area contributed by atoms with Crippen molar-refractivity contribution in [1.82, 2.24) is 15.0 Å². The van der Waals surface area contributed by atoms with Gasteiger partial charge in [-0.1, -0.05) is 133 Å². The van der Waals surface area contributed by atoms with Gasteiger partial charge >= 0.3 is 0 Å². The quantitative estimate of drug-likeness (QED) is 0.173. The van der Waals surface area contributed by atoms with Crippen LogP contribution in [0.1, 0.15) is 0 Å². The Balaban J connectivity index is 0.994. The van der Waals surface area contributed by atoms with Crippen molar-refractivity contribution in [3.05, 3.63) is 182 Å². The lowest BCUT2D eigenvalue weighted by molar-refractivity contribution is 0.670. The van der Waals surface area contributed by atoms with E-state index in [0.717, 1.165) is 65.8 Å². The van der Waals surface area contributed by atoms with Crippen molar-refractivity contribution in [3.8, 4) is 45.3 Å². The van der Waals surface area contributed by atoms with E-state index in [4.69, 9.17) is 19.4 Å². The summed E-state index contributed by atoms with van der Waals surface area (Å²) in [6.45, 7) is 0. The van der Waals surface area contributed by atoms with Crippen LogP contribution < -0.4 is 4.90 Å². The van der Waals surface area contributed by atoms with Gasteiger partial charge in [-0.2, -0.15) is 0 Å². The van der Waals surface area contributed by atoms with Gasteiger partial charge in [0.15, 0.2) is 17.5 Å². The Kier molecular flexibility index (Phi) is 7.58. The van der Waals surface area contributed by atoms with E-state index in [-0.39, 0.29) is 0 Å². The van der Waals surface area contributed by atoms with E-state index in [1.54, 1.807) is 11.3 Å². The zero-order valence-electron chi connectivity index (χ0n) is 30.8. The van der Waals surface area contributed by atoms with Gasteiger partial charge in [0, 0.05) is 68.7 Å². The number of hydrogen-bond donors (Lipinski definition) is 0. The minimum atomic E-state index is 0.595. The highest BCUT2D eigenvalue weighted by Crippen LogP contribution is 2.52. The summed E-state index contributed by atoms with van der Waals surface area (Å²) in [7, 11) is 0. The van der Waals surface area contributed by atoms with Crippen LogP contribution in [0.3, 0.4) is 0 Å². The first kappa shape index (κ1) is 33.1. The van der Waals surface area contributed by atoms with Crippen LogP contribution in [-0.2, 0) is 0 Å². The van der Waals surface area contributed by atoms with Crippen LogP contribution in [-0.4, -0.2) is 15.0 Å². The van der Waals surface area contributed by atoms with Crippen LogP contribution in [0.4, 0.5) is 17.1 Å². The van der Waals surface area contributed by atoms with Gasteiger partial charge in [0.05, 0.1) is 11.4 Å². The number of furan rings is 1. The van der Waals surface area contributed by atoms with Crippen molar-refractivity contribution < 1.29 is 4.42 Å². The molecule has 5 nitrogen and oxygen atoms in total. The summed E-state index contributed by atoms with van der Waals surface area (Å²) >= 11 is 3.59. The molecule has 0 saturated heterocycles. The molecule has 11 aromatic rings. The predicted molar refractivity (Wildman–Crippen MR) is 241 cm³/mol. The van der Waals surface area contributed by atoms with Gasteiger partial charge in [-0.05, 0) is 66.2 Å². The molecule has 58 heavy (non-hydrogen) atoms. The van der Waals surface area contributed by atoms with Crippen molar-refractivity contribution >= 4 is 82.3 Å². The van der Waals surface area contributed by atoms with Crippen molar-refractivity contribution in [3.63, 3.8) is 0 Å². The Morgan fingerprint density at radius 3 is 1.98 bits per heavy atom. The molecular formula is C51H30N4OS2. The third-order valence-corrected chi connectivity index (χ3v) is 13.3. The minimum absolute atomic E-state index is 0.595. The molecule has 7 heteroatoms. The lowest BCUT2D eigenvalue weighted by Crippen LogP contribution is -2.14. The molecule has 0 amide bonds.